The van der Waals surface area contributed by atoms with Crippen molar-refractivity contribution in [1.82, 2.24) is 4.90 Å². The average molecular weight is 421 g/mol. The van der Waals surface area contributed by atoms with Crippen LogP contribution >= 0.6 is 23.1 Å². The number of benzene rings is 2. The second-order valence-electron chi connectivity index (χ2n) is 7.19. The zero-order valence-electron chi connectivity index (χ0n) is 15.8. The molecule has 2 amide bonds. The number of nitrogens with zero attached hydrogens (tertiary/aromatic N) is 2. The van der Waals surface area contributed by atoms with Gasteiger partial charge in [-0.3, -0.25) is 9.59 Å². The summed E-state index contributed by atoms with van der Waals surface area (Å²) in [6.07, 6.45) is 0.864. The van der Waals surface area contributed by atoms with Crippen molar-refractivity contribution in [3.63, 3.8) is 0 Å². The van der Waals surface area contributed by atoms with Crippen molar-refractivity contribution in [3.8, 4) is 0 Å². The first kappa shape index (κ1) is 18.5. The predicted octanol–water partition coefficient (Wildman–Crippen LogP) is 4.36. The van der Waals surface area contributed by atoms with Gasteiger partial charge in [0.1, 0.15) is 6.54 Å². The van der Waals surface area contributed by atoms with Gasteiger partial charge in [0.05, 0.1) is 17.5 Å². The smallest absolute Gasteiger partial charge is 0.243 e. The van der Waals surface area contributed by atoms with Crippen LogP contribution < -0.4 is 4.90 Å². The van der Waals surface area contributed by atoms with E-state index in [-0.39, 0.29) is 24.4 Å². The molecule has 29 heavy (non-hydrogen) atoms. The maximum absolute atomic E-state index is 13.5. The fourth-order valence-electron chi connectivity index (χ4n) is 4.13. The number of thiophene rings is 1. The van der Waals surface area contributed by atoms with Crippen molar-refractivity contribution in [2.24, 2.45) is 0 Å². The predicted molar refractivity (Wildman–Crippen MR) is 118 cm³/mol. The summed E-state index contributed by atoms with van der Waals surface area (Å²) in [4.78, 5) is 32.1. The van der Waals surface area contributed by atoms with Crippen molar-refractivity contribution in [2.45, 2.75) is 17.4 Å². The van der Waals surface area contributed by atoms with Gasteiger partial charge in [0.15, 0.2) is 0 Å². The lowest BCUT2D eigenvalue weighted by molar-refractivity contribution is -0.133. The van der Waals surface area contributed by atoms with E-state index < -0.39 is 0 Å². The van der Waals surface area contributed by atoms with Gasteiger partial charge in [0, 0.05) is 16.3 Å². The molecule has 4 nitrogen and oxygen atoms in total. The van der Waals surface area contributed by atoms with Gasteiger partial charge in [-0.1, -0.05) is 42.5 Å². The second-order valence-corrected chi connectivity index (χ2v) is 9.20. The normalized spacial score (nSPS) is 18.3. The fraction of sp³-hybridized carbons (Fsp3) is 0.217. The number of hydrogen-bond acceptors (Lipinski definition) is 4. The number of amides is 2. The quantitative estimate of drug-likeness (QED) is 0.632. The molecular weight excluding hydrogens is 400 g/mol. The lowest BCUT2D eigenvalue weighted by Gasteiger charge is -2.38. The molecule has 6 heteroatoms. The molecule has 0 N–H and O–H groups in total. The molecule has 3 heterocycles. The Labute approximate surface area is 178 Å². The van der Waals surface area contributed by atoms with Gasteiger partial charge in [0.2, 0.25) is 11.8 Å². The van der Waals surface area contributed by atoms with Crippen molar-refractivity contribution in [1.29, 1.82) is 0 Å². The molecule has 0 radical (unpaired) electrons. The standard InChI is InChI=1S/C23H20N2O2S2/c26-21(14-25-18-8-4-5-9-20(18)29-15-22(25)27)24-12-10-19-17(11-13-28-19)23(24)16-6-2-1-3-7-16/h1-9,11,13,23H,10,12,14-15H2. The number of anilines is 1. The minimum absolute atomic E-state index is 0.00783. The number of hydrogen-bond donors (Lipinski definition) is 0. The number of carbonyl (C=O) groups is 2. The van der Waals surface area contributed by atoms with E-state index in [9.17, 15) is 9.59 Å². The van der Waals surface area contributed by atoms with E-state index in [1.807, 2.05) is 47.4 Å². The second kappa shape index (κ2) is 7.69. The van der Waals surface area contributed by atoms with E-state index >= 15 is 0 Å². The van der Waals surface area contributed by atoms with E-state index in [2.05, 4.69) is 23.6 Å². The summed E-state index contributed by atoms with van der Waals surface area (Å²) < 4.78 is 0. The Kier molecular flexibility index (Phi) is 4.89. The number of carbonyl (C=O) groups excluding carboxylic acids is 2. The first-order valence-electron chi connectivity index (χ1n) is 9.65. The van der Waals surface area contributed by atoms with Gasteiger partial charge in [0.25, 0.3) is 0 Å². The van der Waals surface area contributed by atoms with Crippen LogP contribution in [-0.4, -0.2) is 35.6 Å². The molecule has 2 aliphatic heterocycles. The first-order chi connectivity index (χ1) is 14.2. The van der Waals surface area contributed by atoms with Gasteiger partial charge in [-0.25, -0.2) is 0 Å². The van der Waals surface area contributed by atoms with Crippen LogP contribution in [0.2, 0.25) is 0 Å². The Hall–Kier alpha value is -2.57. The summed E-state index contributed by atoms with van der Waals surface area (Å²) >= 11 is 3.30. The molecule has 1 atom stereocenters. The van der Waals surface area contributed by atoms with Crippen LogP contribution in [0.25, 0.3) is 0 Å². The van der Waals surface area contributed by atoms with Crippen molar-refractivity contribution in [2.75, 3.05) is 23.7 Å². The topological polar surface area (TPSA) is 40.6 Å². The van der Waals surface area contributed by atoms with Crippen molar-refractivity contribution >= 4 is 40.6 Å². The van der Waals surface area contributed by atoms with Gasteiger partial charge >= 0.3 is 0 Å². The number of fused-ring (bicyclic) bond motifs is 2. The molecule has 0 fully saturated rings. The van der Waals surface area contributed by atoms with Crippen LogP contribution in [0.4, 0.5) is 5.69 Å². The van der Waals surface area contributed by atoms with Crippen molar-refractivity contribution in [3.05, 3.63) is 82.0 Å². The van der Waals surface area contributed by atoms with Gasteiger partial charge < -0.3 is 9.80 Å². The lowest BCUT2D eigenvalue weighted by atomic mass is 9.93. The van der Waals surface area contributed by atoms with E-state index in [0.717, 1.165) is 22.6 Å². The SMILES string of the molecule is O=C1CSc2ccccc2N1CC(=O)N1CCc2sccc2C1c1ccccc1. The molecule has 1 unspecified atom stereocenters. The van der Waals surface area contributed by atoms with E-state index in [4.69, 9.17) is 0 Å². The Morgan fingerprint density at radius 2 is 1.83 bits per heavy atom. The van der Waals surface area contributed by atoms with Crippen molar-refractivity contribution < 1.29 is 9.59 Å². The molecule has 2 aliphatic rings. The van der Waals surface area contributed by atoms with Crippen LogP contribution in [0.15, 0.2) is 70.9 Å². The molecule has 0 saturated carbocycles. The summed E-state index contributed by atoms with van der Waals surface area (Å²) in [6.45, 7) is 0.754. The number of rotatable bonds is 3. The molecule has 2 aromatic carbocycles. The molecule has 1 aromatic heterocycles. The summed E-state index contributed by atoms with van der Waals surface area (Å²) in [5.41, 5.74) is 3.16. The van der Waals surface area contributed by atoms with E-state index in [1.54, 1.807) is 16.2 Å². The highest BCUT2D eigenvalue weighted by atomic mass is 32.2. The van der Waals surface area contributed by atoms with E-state index in [0.29, 0.717) is 12.3 Å². The molecule has 5 rings (SSSR count). The highest BCUT2D eigenvalue weighted by Crippen LogP contribution is 2.39. The van der Waals surface area contributed by atoms with Gasteiger partial charge in [-0.2, -0.15) is 0 Å². The van der Waals surface area contributed by atoms with Gasteiger partial charge in [-0.05, 0) is 41.1 Å². The average Bonchev–Trinajstić information content (AvgIpc) is 3.24. The fourth-order valence-corrected chi connectivity index (χ4v) is 5.97. The van der Waals surface area contributed by atoms with E-state index in [1.165, 1.54) is 22.2 Å². The third kappa shape index (κ3) is 3.36. The number of para-hydroxylation sites is 1. The maximum atomic E-state index is 13.5. The minimum Gasteiger partial charge on any atom is -0.330 e. The molecule has 146 valence electrons. The number of thioether (sulfide) groups is 1. The molecule has 0 bridgehead atoms. The minimum atomic E-state index is -0.0942. The highest BCUT2D eigenvalue weighted by molar-refractivity contribution is 8.00. The third-order valence-corrected chi connectivity index (χ3v) is 7.55. The van der Waals surface area contributed by atoms with Crippen LogP contribution in [0.5, 0.6) is 0 Å². The summed E-state index contributed by atoms with van der Waals surface area (Å²) in [5.74, 6) is 0.360. The first-order valence-corrected chi connectivity index (χ1v) is 11.5. The van der Waals surface area contributed by atoms with Crippen LogP contribution in [0.3, 0.4) is 0 Å². The summed E-state index contributed by atoms with van der Waals surface area (Å²) in [6, 6.07) is 20.0. The Balaban J connectivity index is 1.47. The monoisotopic (exact) mass is 420 g/mol. The largest absolute Gasteiger partial charge is 0.330 e. The summed E-state index contributed by atoms with van der Waals surface area (Å²) in [7, 11) is 0. The third-order valence-electron chi connectivity index (χ3n) is 5.50. The Morgan fingerprint density at radius 3 is 2.69 bits per heavy atom. The lowest BCUT2D eigenvalue weighted by Crippen LogP contribution is -2.48. The van der Waals surface area contributed by atoms with Crippen LogP contribution in [0, 0.1) is 0 Å². The molecule has 0 aliphatic carbocycles. The summed E-state index contributed by atoms with van der Waals surface area (Å²) in [5, 5.41) is 2.11. The van der Waals surface area contributed by atoms with Crippen LogP contribution in [-0.2, 0) is 16.0 Å². The van der Waals surface area contributed by atoms with Crippen LogP contribution in [0.1, 0.15) is 22.0 Å². The maximum Gasteiger partial charge on any atom is 0.243 e. The highest BCUT2D eigenvalue weighted by Gasteiger charge is 2.35. The Bertz CT molecular complexity index is 1060. The molecule has 3 aromatic rings. The molecular formula is C23H20N2O2S2. The Morgan fingerprint density at radius 1 is 1.03 bits per heavy atom. The molecule has 0 saturated heterocycles. The zero-order valence-corrected chi connectivity index (χ0v) is 17.4. The molecule has 0 spiro atoms. The zero-order chi connectivity index (χ0) is 19.8. The van der Waals surface area contributed by atoms with Gasteiger partial charge in [-0.15, -0.1) is 23.1 Å².